The quantitative estimate of drug-likeness (QED) is 0.906. The zero-order chi connectivity index (χ0) is 16.4. The molecule has 1 N–H and O–H groups in total. The van der Waals surface area contributed by atoms with Gasteiger partial charge in [0.05, 0.1) is 22.2 Å². The van der Waals surface area contributed by atoms with E-state index in [0.29, 0.717) is 30.6 Å². The Bertz CT molecular complexity index is 734. The van der Waals surface area contributed by atoms with Crippen LogP contribution >= 0.6 is 11.6 Å². The first-order chi connectivity index (χ1) is 11.1. The fourth-order valence-electron chi connectivity index (χ4n) is 2.63. The third kappa shape index (κ3) is 3.16. The predicted octanol–water partition coefficient (Wildman–Crippen LogP) is 1.25. The minimum atomic E-state index is -0.873. The van der Waals surface area contributed by atoms with Crippen LogP contribution in [0.1, 0.15) is 23.2 Å². The summed E-state index contributed by atoms with van der Waals surface area (Å²) in [5.41, 5.74) is 0.980. The monoisotopic (exact) mass is 335 g/mol. The number of benzene rings is 1. The van der Waals surface area contributed by atoms with E-state index in [0.717, 1.165) is 0 Å². The van der Waals surface area contributed by atoms with Gasteiger partial charge >= 0.3 is 5.97 Å². The largest absolute Gasteiger partial charge is 0.481 e. The molecule has 0 unspecified atom stereocenters. The Labute approximate surface area is 136 Å². The molecule has 1 aliphatic heterocycles. The first-order valence-corrected chi connectivity index (χ1v) is 7.49. The van der Waals surface area contributed by atoms with E-state index in [4.69, 9.17) is 16.7 Å². The Kier molecular flexibility index (Phi) is 4.24. The summed E-state index contributed by atoms with van der Waals surface area (Å²) < 4.78 is 1.43. The molecule has 23 heavy (non-hydrogen) atoms. The standard InChI is InChI=1S/C14H14ClN5O3/c15-12-6-10(20-8-16-17-18-20)3-4-11(12)13(21)19-5-1-2-9(7-19)14(22)23/h3-4,6,8-9H,1-2,5,7H2,(H,22,23)/t9-/m1/s1. The van der Waals surface area contributed by atoms with Crippen molar-refractivity contribution in [3.8, 4) is 5.69 Å². The number of aliphatic carboxylic acids is 1. The zero-order valence-electron chi connectivity index (χ0n) is 12.1. The minimum absolute atomic E-state index is 0.208. The Morgan fingerprint density at radius 2 is 2.17 bits per heavy atom. The van der Waals surface area contributed by atoms with Gasteiger partial charge in [0.15, 0.2) is 0 Å². The van der Waals surface area contributed by atoms with E-state index in [-0.39, 0.29) is 17.5 Å². The lowest BCUT2D eigenvalue weighted by atomic mass is 9.97. The molecule has 1 fully saturated rings. The van der Waals surface area contributed by atoms with Gasteiger partial charge in [-0.2, -0.15) is 0 Å². The van der Waals surface area contributed by atoms with Crippen molar-refractivity contribution in [2.24, 2.45) is 5.92 Å². The van der Waals surface area contributed by atoms with Crippen LogP contribution in [0.5, 0.6) is 0 Å². The van der Waals surface area contributed by atoms with Crippen molar-refractivity contribution in [3.63, 3.8) is 0 Å². The Morgan fingerprint density at radius 3 is 2.83 bits per heavy atom. The van der Waals surface area contributed by atoms with Crippen LogP contribution in [0.2, 0.25) is 5.02 Å². The van der Waals surface area contributed by atoms with Gasteiger partial charge in [0.2, 0.25) is 0 Å². The van der Waals surface area contributed by atoms with Crippen LogP contribution in [0.3, 0.4) is 0 Å². The summed E-state index contributed by atoms with van der Waals surface area (Å²) in [4.78, 5) is 25.2. The van der Waals surface area contributed by atoms with Gasteiger partial charge in [-0.3, -0.25) is 9.59 Å². The second-order valence-corrected chi connectivity index (χ2v) is 5.75. The highest BCUT2D eigenvalue weighted by Crippen LogP contribution is 2.24. The summed E-state index contributed by atoms with van der Waals surface area (Å²) in [6.07, 6.45) is 2.68. The molecule has 1 atom stereocenters. The average Bonchev–Trinajstić information content (AvgIpc) is 3.08. The molecule has 0 spiro atoms. The normalized spacial score (nSPS) is 18.0. The zero-order valence-corrected chi connectivity index (χ0v) is 12.8. The number of piperidine rings is 1. The molecule has 9 heteroatoms. The molecule has 0 bridgehead atoms. The van der Waals surface area contributed by atoms with Crippen LogP contribution in [-0.2, 0) is 4.79 Å². The first-order valence-electron chi connectivity index (χ1n) is 7.11. The lowest BCUT2D eigenvalue weighted by molar-refractivity contribution is -0.143. The molecule has 1 aliphatic rings. The summed E-state index contributed by atoms with van der Waals surface area (Å²) in [6.45, 7) is 0.743. The number of aromatic nitrogens is 4. The molecular formula is C14H14ClN5O3. The Hall–Kier alpha value is -2.48. The number of hydrogen-bond donors (Lipinski definition) is 1. The van der Waals surface area contributed by atoms with Crippen molar-refractivity contribution in [3.05, 3.63) is 35.1 Å². The minimum Gasteiger partial charge on any atom is -0.481 e. The SMILES string of the molecule is O=C(O)[C@@H]1CCCN(C(=O)c2ccc(-n3cnnn3)cc2Cl)C1. The van der Waals surface area contributed by atoms with Gasteiger partial charge in [-0.1, -0.05) is 11.6 Å². The molecule has 8 nitrogen and oxygen atoms in total. The maximum atomic E-state index is 12.6. The van der Waals surface area contributed by atoms with E-state index in [9.17, 15) is 9.59 Å². The van der Waals surface area contributed by atoms with Crippen LogP contribution in [0, 0.1) is 5.92 Å². The fourth-order valence-corrected chi connectivity index (χ4v) is 2.89. The number of nitrogens with zero attached hydrogens (tertiary/aromatic N) is 5. The number of carbonyl (C=O) groups excluding carboxylic acids is 1. The van der Waals surface area contributed by atoms with Crippen molar-refractivity contribution in [1.82, 2.24) is 25.1 Å². The third-order valence-electron chi connectivity index (χ3n) is 3.85. The molecule has 1 aromatic heterocycles. The highest BCUT2D eigenvalue weighted by atomic mass is 35.5. The van der Waals surface area contributed by atoms with Crippen molar-refractivity contribution in [2.45, 2.75) is 12.8 Å². The Balaban J connectivity index is 1.81. The molecule has 0 aliphatic carbocycles. The highest BCUT2D eigenvalue weighted by molar-refractivity contribution is 6.34. The molecule has 3 rings (SSSR count). The van der Waals surface area contributed by atoms with Gasteiger partial charge in [0.25, 0.3) is 5.91 Å². The molecular weight excluding hydrogens is 322 g/mol. The van der Waals surface area contributed by atoms with Gasteiger partial charge < -0.3 is 10.0 Å². The molecule has 120 valence electrons. The number of rotatable bonds is 3. The second kappa shape index (κ2) is 6.33. The smallest absolute Gasteiger partial charge is 0.308 e. The number of carboxylic acids is 1. The van der Waals surface area contributed by atoms with E-state index in [1.807, 2.05) is 0 Å². The lowest BCUT2D eigenvalue weighted by Gasteiger charge is -2.31. The number of amides is 1. The molecule has 2 heterocycles. The number of carboxylic acid groups (broad SMARTS) is 1. The summed E-state index contributed by atoms with van der Waals surface area (Å²) >= 11 is 6.21. The summed E-state index contributed by atoms with van der Waals surface area (Å²) in [7, 11) is 0. The van der Waals surface area contributed by atoms with Gasteiger partial charge in [0.1, 0.15) is 6.33 Å². The second-order valence-electron chi connectivity index (χ2n) is 5.35. The fraction of sp³-hybridized carbons (Fsp3) is 0.357. The third-order valence-corrected chi connectivity index (χ3v) is 4.17. The topological polar surface area (TPSA) is 101 Å². The molecule has 1 saturated heterocycles. The van der Waals surface area contributed by atoms with Gasteiger partial charge in [-0.05, 0) is 41.5 Å². The predicted molar refractivity (Wildman–Crippen MR) is 80.4 cm³/mol. The Morgan fingerprint density at radius 1 is 1.35 bits per heavy atom. The number of carbonyl (C=O) groups is 2. The van der Waals surface area contributed by atoms with Crippen LogP contribution < -0.4 is 0 Å². The number of halogens is 1. The number of tetrazole rings is 1. The summed E-state index contributed by atoms with van der Waals surface area (Å²) in [5.74, 6) is -1.65. The summed E-state index contributed by atoms with van der Waals surface area (Å²) in [6, 6.07) is 4.89. The highest BCUT2D eigenvalue weighted by Gasteiger charge is 2.29. The molecule has 1 aromatic carbocycles. The van der Waals surface area contributed by atoms with Gasteiger partial charge in [0, 0.05) is 13.1 Å². The summed E-state index contributed by atoms with van der Waals surface area (Å²) in [5, 5.41) is 20.2. The van der Waals surface area contributed by atoms with Crippen LogP contribution in [0.15, 0.2) is 24.5 Å². The van der Waals surface area contributed by atoms with Gasteiger partial charge in [-0.15, -0.1) is 5.10 Å². The van der Waals surface area contributed by atoms with Crippen LogP contribution in [-0.4, -0.2) is 55.2 Å². The molecule has 0 saturated carbocycles. The van der Waals surface area contributed by atoms with Crippen LogP contribution in [0.25, 0.3) is 5.69 Å². The van der Waals surface area contributed by atoms with Crippen molar-refractivity contribution < 1.29 is 14.7 Å². The van der Waals surface area contributed by atoms with E-state index in [1.165, 1.54) is 11.0 Å². The maximum Gasteiger partial charge on any atom is 0.308 e. The van der Waals surface area contributed by atoms with Crippen molar-refractivity contribution in [1.29, 1.82) is 0 Å². The number of hydrogen-bond acceptors (Lipinski definition) is 5. The lowest BCUT2D eigenvalue weighted by Crippen LogP contribution is -2.42. The maximum absolute atomic E-state index is 12.6. The van der Waals surface area contributed by atoms with E-state index >= 15 is 0 Å². The first kappa shape index (κ1) is 15.4. The molecule has 0 radical (unpaired) electrons. The van der Waals surface area contributed by atoms with Gasteiger partial charge in [-0.25, -0.2) is 4.68 Å². The van der Waals surface area contributed by atoms with Crippen LogP contribution in [0.4, 0.5) is 0 Å². The van der Waals surface area contributed by atoms with E-state index < -0.39 is 11.9 Å². The molecule has 1 amide bonds. The van der Waals surface area contributed by atoms with E-state index in [1.54, 1.807) is 23.1 Å². The van der Waals surface area contributed by atoms with E-state index in [2.05, 4.69) is 15.5 Å². The van der Waals surface area contributed by atoms with Crippen molar-refractivity contribution in [2.75, 3.05) is 13.1 Å². The molecule has 2 aromatic rings. The van der Waals surface area contributed by atoms with Crippen molar-refractivity contribution >= 4 is 23.5 Å². The average molecular weight is 336 g/mol. The number of likely N-dealkylation sites (tertiary alicyclic amines) is 1.